The number of rotatable bonds is 7. The van der Waals surface area contributed by atoms with Crippen LogP contribution < -0.4 is 9.47 Å². The van der Waals surface area contributed by atoms with Crippen LogP contribution in [0, 0.1) is 5.41 Å². The number of hydrogen-bond acceptors (Lipinski definition) is 9. The maximum Gasteiger partial charge on any atom is 0.316 e. The largest absolute Gasteiger partial charge is 0.459 e. The van der Waals surface area contributed by atoms with Crippen molar-refractivity contribution in [2.45, 2.75) is 52.9 Å². The summed E-state index contributed by atoms with van der Waals surface area (Å²) in [5.41, 5.74) is -0.388. The van der Waals surface area contributed by atoms with Crippen LogP contribution >= 0.6 is 0 Å². The van der Waals surface area contributed by atoms with E-state index in [9.17, 15) is 14.4 Å². The molecule has 1 aliphatic heterocycles. The summed E-state index contributed by atoms with van der Waals surface area (Å²) in [6, 6.07) is 8.55. The Morgan fingerprint density at radius 1 is 1.00 bits per heavy atom. The first-order chi connectivity index (χ1) is 16.9. The zero-order valence-electron chi connectivity index (χ0n) is 21.6. The Bertz CT molecular complexity index is 1190. The van der Waals surface area contributed by atoms with Gasteiger partial charge in [0.05, 0.1) is 17.1 Å². The first kappa shape index (κ1) is 27.2. The molecule has 3 rings (SSSR count). The van der Waals surface area contributed by atoms with Crippen LogP contribution in [0.15, 0.2) is 42.2 Å². The number of carbonyl (C=O) groups excluding carboxylic acids is 3. The maximum absolute atomic E-state index is 13.0. The van der Waals surface area contributed by atoms with Crippen LogP contribution in [0.25, 0.3) is 10.8 Å². The van der Waals surface area contributed by atoms with Crippen molar-refractivity contribution in [3.63, 3.8) is 0 Å². The average molecular weight is 501 g/mol. The van der Waals surface area contributed by atoms with E-state index in [1.165, 1.54) is 21.0 Å². The molecule has 0 saturated heterocycles. The monoisotopic (exact) mass is 500 g/mol. The van der Waals surface area contributed by atoms with Gasteiger partial charge in [0.1, 0.15) is 23.9 Å². The Morgan fingerprint density at radius 2 is 1.72 bits per heavy atom. The fourth-order valence-electron chi connectivity index (χ4n) is 3.82. The van der Waals surface area contributed by atoms with Gasteiger partial charge in [-0.05, 0) is 45.0 Å². The summed E-state index contributed by atoms with van der Waals surface area (Å²) in [6.07, 6.45) is 1.48. The quantitative estimate of drug-likeness (QED) is 0.404. The summed E-state index contributed by atoms with van der Waals surface area (Å²) in [6.45, 7) is 7.72. The molecule has 2 aromatic carbocycles. The lowest BCUT2D eigenvalue weighted by Crippen LogP contribution is -2.41. The number of esters is 3. The predicted octanol–water partition coefficient (Wildman–Crippen LogP) is 4.40. The molecule has 9 nitrogen and oxygen atoms in total. The van der Waals surface area contributed by atoms with Gasteiger partial charge in [-0.25, -0.2) is 0 Å². The third kappa shape index (κ3) is 5.85. The van der Waals surface area contributed by atoms with E-state index >= 15 is 0 Å². The number of carbonyl (C=O) groups is 3. The van der Waals surface area contributed by atoms with Gasteiger partial charge in [-0.1, -0.05) is 12.1 Å². The molecule has 0 N–H and O–H groups in total. The average Bonchev–Trinajstić information content (AvgIpc) is 2.81. The minimum atomic E-state index is -1.44. The minimum absolute atomic E-state index is 0.123. The molecular weight excluding hydrogens is 468 g/mol. The highest BCUT2D eigenvalue weighted by molar-refractivity contribution is 5.97. The van der Waals surface area contributed by atoms with Crippen LogP contribution in [0.2, 0.25) is 0 Å². The molecule has 1 aliphatic rings. The molecule has 0 aromatic heterocycles. The molecule has 0 spiro atoms. The Morgan fingerprint density at radius 3 is 2.31 bits per heavy atom. The van der Waals surface area contributed by atoms with Crippen molar-refractivity contribution in [3.05, 3.63) is 47.7 Å². The molecule has 0 amide bonds. The molecule has 36 heavy (non-hydrogen) atoms. The first-order valence-corrected chi connectivity index (χ1v) is 11.5. The van der Waals surface area contributed by atoms with Gasteiger partial charge in [0.25, 0.3) is 0 Å². The maximum atomic E-state index is 13.0. The van der Waals surface area contributed by atoms with Crippen molar-refractivity contribution in [1.82, 2.24) is 0 Å². The van der Waals surface area contributed by atoms with Crippen LogP contribution in [0.3, 0.4) is 0 Å². The standard InChI is InChI=1S/C27H32O9/c1-16(28)33-15-19-13-18(31-6)14-27(32-7,36-19)22-12-11-20-21(9-8-10-23(20)34-17(2)29)24(22)35-25(30)26(3,4)5/h8-13,18H,14-15H2,1-7H3/t18-,27+/m1/s1. The molecular formula is C27H32O9. The van der Waals surface area contributed by atoms with E-state index in [1.54, 1.807) is 64.3 Å². The van der Waals surface area contributed by atoms with Gasteiger partial charge in [0.15, 0.2) is 0 Å². The highest BCUT2D eigenvalue weighted by atomic mass is 16.7. The summed E-state index contributed by atoms with van der Waals surface area (Å²) in [5.74, 6) is -2.02. The van der Waals surface area contributed by atoms with Crippen molar-refractivity contribution in [2.75, 3.05) is 20.8 Å². The van der Waals surface area contributed by atoms with Crippen LogP contribution in [0.5, 0.6) is 11.5 Å². The van der Waals surface area contributed by atoms with Gasteiger partial charge in [-0.15, -0.1) is 0 Å². The number of methoxy groups -OCH3 is 2. The molecule has 0 unspecified atom stereocenters. The molecule has 9 heteroatoms. The van der Waals surface area contributed by atoms with Gasteiger partial charge >= 0.3 is 17.9 Å². The zero-order chi connectivity index (χ0) is 26.7. The molecule has 0 aliphatic carbocycles. The molecule has 194 valence electrons. The smallest absolute Gasteiger partial charge is 0.316 e. The lowest BCUT2D eigenvalue weighted by atomic mass is 9.92. The highest BCUT2D eigenvalue weighted by Gasteiger charge is 2.45. The van der Waals surface area contributed by atoms with Gasteiger partial charge in [-0.2, -0.15) is 0 Å². The minimum Gasteiger partial charge on any atom is -0.459 e. The molecule has 2 atom stereocenters. The lowest BCUT2D eigenvalue weighted by molar-refractivity contribution is -0.237. The molecule has 0 fully saturated rings. The van der Waals surface area contributed by atoms with Gasteiger partial charge in [0, 0.05) is 45.3 Å². The molecule has 0 saturated carbocycles. The van der Waals surface area contributed by atoms with Crippen molar-refractivity contribution < 1.29 is 42.8 Å². The van der Waals surface area contributed by atoms with E-state index in [2.05, 4.69) is 0 Å². The lowest BCUT2D eigenvalue weighted by Gasteiger charge is -2.40. The topological polar surface area (TPSA) is 107 Å². The Balaban J connectivity index is 2.23. The predicted molar refractivity (Wildman–Crippen MR) is 130 cm³/mol. The summed E-state index contributed by atoms with van der Waals surface area (Å²) < 4.78 is 34.3. The highest BCUT2D eigenvalue weighted by Crippen LogP contribution is 2.47. The van der Waals surface area contributed by atoms with Crippen LogP contribution in [-0.4, -0.2) is 44.8 Å². The van der Waals surface area contributed by atoms with E-state index in [4.69, 9.17) is 28.4 Å². The summed E-state index contributed by atoms with van der Waals surface area (Å²) >= 11 is 0. The van der Waals surface area contributed by atoms with Crippen molar-refractivity contribution in [1.29, 1.82) is 0 Å². The number of fused-ring (bicyclic) bond motifs is 1. The molecule has 0 radical (unpaired) electrons. The van der Waals surface area contributed by atoms with Gasteiger partial charge in [0.2, 0.25) is 5.79 Å². The Hall–Kier alpha value is -3.43. The Kier molecular flexibility index (Phi) is 8.05. The third-order valence-corrected chi connectivity index (χ3v) is 5.63. The van der Waals surface area contributed by atoms with E-state index < -0.39 is 35.2 Å². The zero-order valence-corrected chi connectivity index (χ0v) is 21.6. The number of ether oxygens (including phenoxy) is 6. The van der Waals surface area contributed by atoms with Crippen molar-refractivity contribution in [3.8, 4) is 11.5 Å². The third-order valence-electron chi connectivity index (χ3n) is 5.63. The number of benzene rings is 2. The second-order valence-electron chi connectivity index (χ2n) is 9.48. The van der Waals surface area contributed by atoms with Crippen LogP contribution in [0.4, 0.5) is 0 Å². The molecule has 1 heterocycles. The second kappa shape index (κ2) is 10.7. The fraction of sp³-hybridized carbons (Fsp3) is 0.444. The summed E-state index contributed by atoms with van der Waals surface area (Å²) in [5, 5.41) is 1.09. The van der Waals surface area contributed by atoms with E-state index in [0.717, 1.165) is 0 Å². The molecule has 2 aromatic rings. The Labute approximate surface area is 210 Å². The second-order valence-corrected chi connectivity index (χ2v) is 9.48. The fourth-order valence-corrected chi connectivity index (χ4v) is 3.82. The SMILES string of the molecule is CO[C@@H]1C=C(COC(C)=O)O[C@](OC)(c2ccc3c(OC(C)=O)cccc3c2OC(=O)C(C)(C)C)C1. The van der Waals surface area contributed by atoms with E-state index in [1.807, 2.05) is 0 Å². The van der Waals surface area contributed by atoms with Gasteiger partial charge in [-0.3, -0.25) is 14.4 Å². The summed E-state index contributed by atoms with van der Waals surface area (Å²) in [4.78, 5) is 36.1. The van der Waals surface area contributed by atoms with Crippen LogP contribution in [-0.2, 0) is 39.1 Å². The number of hydrogen-bond donors (Lipinski definition) is 0. The van der Waals surface area contributed by atoms with Crippen molar-refractivity contribution >= 4 is 28.7 Å². The van der Waals surface area contributed by atoms with Crippen LogP contribution in [0.1, 0.15) is 46.6 Å². The van der Waals surface area contributed by atoms with Crippen molar-refractivity contribution in [2.24, 2.45) is 5.41 Å². The van der Waals surface area contributed by atoms with Gasteiger partial charge < -0.3 is 28.4 Å². The summed E-state index contributed by atoms with van der Waals surface area (Å²) in [7, 11) is 3.01. The molecule has 0 bridgehead atoms. The van der Waals surface area contributed by atoms with E-state index in [0.29, 0.717) is 27.8 Å². The van der Waals surface area contributed by atoms with E-state index in [-0.39, 0.29) is 18.8 Å². The normalized spacial score (nSPS) is 19.8. The first-order valence-electron chi connectivity index (χ1n) is 11.5.